The molecule has 1 saturated heterocycles. The van der Waals surface area contributed by atoms with Crippen LogP contribution in [-0.2, 0) is 17.9 Å². The van der Waals surface area contributed by atoms with Gasteiger partial charge in [0.05, 0.1) is 28.4 Å². The molecule has 2 amide bonds. The van der Waals surface area contributed by atoms with Crippen LogP contribution in [0.15, 0.2) is 29.2 Å². The normalized spacial score (nSPS) is 15.4. The van der Waals surface area contributed by atoms with E-state index in [1.165, 1.54) is 0 Å². The molecule has 4 rings (SSSR count). The number of aromatic nitrogens is 2. The summed E-state index contributed by atoms with van der Waals surface area (Å²) < 4.78 is 11.2. The summed E-state index contributed by atoms with van der Waals surface area (Å²) in [5, 5.41) is 6.29. The molecule has 0 radical (unpaired) electrons. The van der Waals surface area contributed by atoms with Crippen LogP contribution >= 0.6 is 11.6 Å². The van der Waals surface area contributed by atoms with Crippen molar-refractivity contribution in [2.75, 3.05) is 19.6 Å². The van der Waals surface area contributed by atoms with Gasteiger partial charge in [0.15, 0.2) is 0 Å². The molecule has 0 spiro atoms. The maximum atomic E-state index is 12.8. The van der Waals surface area contributed by atoms with Crippen LogP contribution in [0.25, 0.3) is 6.08 Å². The molecule has 204 valence electrons. The zero-order chi connectivity index (χ0) is 27.3. The van der Waals surface area contributed by atoms with Crippen molar-refractivity contribution in [2.24, 2.45) is 5.92 Å². The third kappa shape index (κ3) is 7.28. The highest BCUT2D eigenvalue weighted by Crippen LogP contribution is 2.24. The summed E-state index contributed by atoms with van der Waals surface area (Å²) in [5.41, 5.74) is 0.769. The first-order chi connectivity index (χ1) is 18.1. The molecule has 1 fully saturated rings. The van der Waals surface area contributed by atoms with Gasteiger partial charge in [-0.25, -0.2) is 9.78 Å². The van der Waals surface area contributed by atoms with E-state index in [9.17, 15) is 14.4 Å². The van der Waals surface area contributed by atoms with E-state index in [2.05, 4.69) is 20.6 Å². The number of piperidine rings is 1. The number of carbonyl (C=O) groups is 2. The minimum atomic E-state index is -0.506. The van der Waals surface area contributed by atoms with Gasteiger partial charge in [-0.05, 0) is 76.4 Å². The fourth-order valence-electron chi connectivity index (χ4n) is 4.39. The Bertz CT molecular complexity index is 1260. The molecule has 2 aliphatic rings. The maximum Gasteiger partial charge on any atom is 0.410 e. The van der Waals surface area contributed by atoms with Crippen LogP contribution in [0, 0.1) is 5.92 Å². The molecule has 0 atom stereocenters. The molecule has 3 heterocycles. The van der Waals surface area contributed by atoms with Gasteiger partial charge in [0, 0.05) is 19.6 Å². The number of hydrogen-bond acceptors (Lipinski definition) is 7. The fourth-order valence-corrected chi connectivity index (χ4v) is 4.59. The summed E-state index contributed by atoms with van der Waals surface area (Å²) in [6.45, 7) is 7.89. The van der Waals surface area contributed by atoms with Gasteiger partial charge in [0.1, 0.15) is 23.8 Å². The van der Waals surface area contributed by atoms with Crippen molar-refractivity contribution in [1.29, 1.82) is 0 Å². The maximum absolute atomic E-state index is 12.8. The standard InChI is InChI=1S/C27H34ClN5O5/c1-27(2,3)38-26(36)33-12-8-17(9-13-33)6-11-30-24(34)20-14-18(4-5-21(20)28)37-16-23-31-22-15-29-10-7-19(22)25(35)32-23/h4-5,7,10,14,17,29H,6,8-9,11-13,15-16H2,1-3H3,(H,30,34)(H,31,32,35). The number of benzene rings is 1. The molecule has 1 aromatic carbocycles. The van der Waals surface area contributed by atoms with E-state index in [-0.39, 0.29) is 24.2 Å². The van der Waals surface area contributed by atoms with Crippen LogP contribution in [0.4, 0.5) is 4.79 Å². The van der Waals surface area contributed by atoms with Crippen molar-refractivity contribution < 1.29 is 19.1 Å². The van der Waals surface area contributed by atoms with Crippen molar-refractivity contribution >= 4 is 29.7 Å². The summed E-state index contributed by atoms with van der Waals surface area (Å²) >= 11 is 6.29. The van der Waals surface area contributed by atoms with Crippen molar-refractivity contribution in [3.05, 3.63) is 62.4 Å². The first-order valence-corrected chi connectivity index (χ1v) is 13.2. The van der Waals surface area contributed by atoms with Crippen molar-refractivity contribution in [2.45, 2.75) is 58.8 Å². The zero-order valence-electron chi connectivity index (χ0n) is 21.9. The van der Waals surface area contributed by atoms with Gasteiger partial charge in [-0.3, -0.25) is 9.59 Å². The minimum absolute atomic E-state index is 0.0386. The van der Waals surface area contributed by atoms with E-state index < -0.39 is 5.60 Å². The number of nitrogens with one attached hydrogen (secondary N) is 3. The van der Waals surface area contributed by atoms with E-state index in [1.807, 2.05) is 20.8 Å². The molecule has 11 heteroatoms. The number of nitrogens with zero attached hydrogens (tertiary/aromatic N) is 2. The second-order valence-electron chi connectivity index (χ2n) is 10.5. The number of ether oxygens (including phenoxy) is 2. The number of H-pyrrole nitrogens is 1. The molecule has 2 aromatic rings. The molecular weight excluding hydrogens is 510 g/mol. The van der Waals surface area contributed by atoms with Crippen LogP contribution in [-0.4, -0.2) is 52.1 Å². The SMILES string of the molecule is CC(C)(C)OC(=O)N1CCC(CCNC(=O)c2cc(OCc3nc4c(c(=O)[nH]3)C=CNC4)ccc2Cl)CC1. The Morgan fingerprint density at radius 2 is 2.00 bits per heavy atom. The third-order valence-electron chi connectivity index (χ3n) is 6.38. The van der Waals surface area contributed by atoms with E-state index in [4.69, 9.17) is 21.1 Å². The monoisotopic (exact) mass is 543 g/mol. The zero-order valence-corrected chi connectivity index (χ0v) is 22.7. The smallest absolute Gasteiger partial charge is 0.410 e. The number of hydrogen-bond donors (Lipinski definition) is 3. The molecule has 3 N–H and O–H groups in total. The summed E-state index contributed by atoms with van der Waals surface area (Å²) in [6, 6.07) is 4.85. The number of fused-ring (bicyclic) bond motifs is 1. The van der Waals surface area contributed by atoms with Crippen molar-refractivity contribution in [3.63, 3.8) is 0 Å². The van der Waals surface area contributed by atoms with Crippen LogP contribution < -0.4 is 20.9 Å². The third-order valence-corrected chi connectivity index (χ3v) is 6.71. The topological polar surface area (TPSA) is 126 Å². The first kappa shape index (κ1) is 27.5. The van der Waals surface area contributed by atoms with Gasteiger partial charge in [-0.2, -0.15) is 0 Å². The second-order valence-corrected chi connectivity index (χ2v) is 10.9. The fraction of sp³-hybridized carbons (Fsp3) is 0.481. The summed E-state index contributed by atoms with van der Waals surface area (Å²) in [4.78, 5) is 46.3. The number of rotatable bonds is 7. The lowest BCUT2D eigenvalue weighted by Crippen LogP contribution is -2.42. The van der Waals surface area contributed by atoms with Crippen molar-refractivity contribution in [1.82, 2.24) is 25.5 Å². The van der Waals surface area contributed by atoms with Gasteiger partial charge in [-0.1, -0.05) is 11.6 Å². The van der Waals surface area contributed by atoms with E-state index in [0.29, 0.717) is 65.5 Å². The molecule has 10 nitrogen and oxygen atoms in total. The molecule has 0 saturated carbocycles. The molecule has 0 aliphatic carbocycles. The first-order valence-electron chi connectivity index (χ1n) is 12.8. The number of aromatic amines is 1. The summed E-state index contributed by atoms with van der Waals surface area (Å²) in [7, 11) is 0. The average molecular weight is 544 g/mol. The van der Waals surface area contributed by atoms with Crippen LogP contribution in [0.2, 0.25) is 5.02 Å². The molecule has 0 bridgehead atoms. The molecule has 2 aliphatic heterocycles. The van der Waals surface area contributed by atoms with E-state index >= 15 is 0 Å². The molecular formula is C27H34ClN5O5. The predicted octanol–water partition coefficient (Wildman–Crippen LogP) is 3.84. The van der Waals surface area contributed by atoms with Gasteiger partial charge in [0.2, 0.25) is 0 Å². The van der Waals surface area contributed by atoms with Crippen LogP contribution in [0.3, 0.4) is 0 Å². The van der Waals surface area contributed by atoms with Gasteiger partial charge >= 0.3 is 6.09 Å². The Balaban J connectivity index is 1.25. The predicted molar refractivity (Wildman–Crippen MR) is 144 cm³/mol. The van der Waals surface area contributed by atoms with Crippen molar-refractivity contribution in [3.8, 4) is 5.75 Å². The highest BCUT2D eigenvalue weighted by molar-refractivity contribution is 6.33. The Morgan fingerprint density at radius 1 is 1.24 bits per heavy atom. The Morgan fingerprint density at radius 3 is 2.74 bits per heavy atom. The van der Waals surface area contributed by atoms with Crippen LogP contribution in [0.5, 0.6) is 5.75 Å². The minimum Gasteiger partial charge on any atom is -0.486 e. The summed E-state index contributed by atoms with van der Waals surface area (Å²) in [6.07, 6.45) is 5.67. The lowest BCUT2D eigenvalue weighted by Gasteiger charge is -2.33. The number of amides is 2. The highest BCUT2D eigenvalue weighted by Gasteiger charge is 2.26. The Kier molecular flexibility index (Phi) is 8.61. The number of carbonyl (C=O) groups excluding carboxylic acids is 2. The molecule has 1 aromatic heterocycles. The average Bonchev–Trinajstić information content (AvgIpc) is 2.87. The number of likely N-dealkylation sites (tertiary alicyclic amines) is 1. The van der Waals surface area contributed by atoms with E-state index in [0.717, 1.165) is 19.3 Å². The largest absolute Gasteiger partial charge is 0.486 e. The van der Waals surface area contributed by atoms with E-state index in [1.54, 1.807) is 35.4 Å². The quantitative estimate of drug-likeness (QED) is 0.484. The lowest BCUT2D eigenvalue weighted by atomic mass is 9.94. The highest BCUT2D eigenvalue weighted by atomic mass is 35.5. The lowest BCUT2D eigenvalue weighted by molar-refractivity contribution is 0.0181. The van der Waals surface area contributed by atoms with Gasteiger partial charge in [-0.15, -0.1) is 0 Å². The van der Waals surface area contributed by atoms with Gasteiger partial charge in [0.25, 0.3) is 11.5 Å². The molecule has 38 heavy (non-hydrogen) atoms. The Labute approximate surface area is 226 Å². The van der Waals surface area contributed by atoms with Gasteiger partial charge < -0.3 is 30.0 Å². The number of halogens is 1. The summed E-state index contributed by atoms with van der Waals surface area (Å²) in [5.74, 6) is 0.956. The Hall–Kier alpha value is -3.53. The molecule has 0 unspecified atom stereocenters. The second kappa shape index (κ2) is 11.9. The van der Waals surface area contributed by atoms with Crippen LogP contribution in [0.1, 0.15) is 67.5 Å².